The van der Waals surface area contributed by atoms with Gasteiger partial charge >= 0.3 is 0 Å². The van der Waals surface area contributed by atoms with E-state index in [2.05, 4.69) is 29.4 Å². The van der Waals surface area contributed by atoms with E-state index in [0.717, 1.165) is 18.7 Å². The average molecular weight is 269 g/mol. The van der Waals surface area contributed by atoms with Crippen LogP contribution in [0.2, 0.25) is 0 Å². The van der Waals surface area contributed by atoms with Crippen LogP contribution in [0.3, 0.4) is 0 Å². The van der Waals surface area contributed by atoms with Crippen molar-refractivity contribution in [2.75, 3.05) is 18.1 Å². The largest absolute Gasteiger partial charge is 0.355 e. The highest BCUT2D eigenvalue weighted by molar-refractivity contribution is 7.99. The number of nitrogens with two attached hydrogens (primary N) is 1. The number of hydrogen-bond acceptors (Lipinski definition) is 5. The van der Waals surface area contributed by atoms with E-state index < -0.39 is 0 Å². The lowest BCUT2D eigenvalue weighted by atomic mass is 10.2. The molecule has 0 bridgehead atoms. The van der Waals surface area contributed by atoms with Crippen molar-refractivity contribution in [3.63, 3.8) is 0 Å². The molecule has 3 N–H and O–H groups in total. The predicted molar refractivity (Wildman–Crippen MR) is 70.7 cm³/mol. The minimum atomic E-state index is 0.00433. The van der Waals surface area contributed by atoms with Crippen molar-refractivity contribution < 1.29 is 4.79 Å². The van der Waals surface area contributed by atoms with Crippen molar-refractivity contribution in [1.82, 2.24) is 20.2 Å². The van der Waals surface area contributed by atoms with Gasteiger partial charge in [-0.2, -0.15) is 0 Å². The van der Waals surface area contributed by atoms with Gasteiger partial charge in [0.15, 0.2) is 5.82 Å². The summed E-state index contributed by atoms with van der Waals surface area (Å²) in [5.74, 6) is 7.98. The molecule has 0 aromatic carbocycles. The van der Waals surface area contributed by atoms with Crippen LogP contribution in [0.4, 0.5) is 0 Å². The summed E-state index contributed by atoms with van der Waals surface area (Å²) in [5.41, 5.74) is 0. The molecule has 18 heavy (non-hydrogen) atoms. The fourth-order valence-electron chi connectivity index (χ4n) is 1.51. The van der Waals surface area contributed by atoms with E-state index in [0.29, 0.717) is 29.3 Å². The Bertz CT molecular complexity index is 427. The van der Waals surface area contributed by atoms with Crippen molar-refractivity contribution in [3.8, 4) is 0 Å². The maximum absolute atomic E-state index is 11.6. The van der Waals surface area contributed by atoms with Crippen LogP contribution >= 0.6 is 11.8 Å². The summed E-state index contributed by atoms with van der Waals surface area (Å²) in [6, 6.07) is 0. The first-order valence-corrected chi connectivity index (χ1v) is 7.16. The molecule has 1 saturated carbocycles. The highest BCUT2D eigenvalue weighted by Gasteiger charge is 2.29. The van der Waals surface area contributed by atoms with Gasteiger partial charge < -0.3 is 11.2 Å². The Kier molecular flexibility index (Phi) is 4.11. The molecule has 0 saturated heterocycles. The summed E-state index contributed by atoms with van der Waals surface area (Å²) in [6.07, 6.45) is 2.27. The lowest BCUT2D eigenvalue weighted by Gasteiger charge is -2.07. The smallest absolute Gasteiger partial charge is 0.230 e. The molecule has 1 fully saturated rings. The Balaban J connectivity index is 1.81. The minimum absolute atomic E-state index is 0.00433. The van der Waals surface area contributed by atoms with Crippen LogP contribution in [0.5, 0.6) is 0 Å². The van der Waals surface area contributed by atoms with Gasteiger partial charge in [-0.1, -0.05) is 25.6 Å². The molecule has 1 aromatic heterocycles. The van der Waals surface area contributed by atoms with Gasteiger partial charge in [-0.15, -0.1) is 10.2 Å². The molecule has 0 unspecified atom stereocenters. The number of rotatable bonds is 6. The van der Waals surface area contributed by atoms with Gasteiger partial charge in [0.1, 0.15) is 0 Å². The van der Waals surface area contributed by atoms with Crippen molar-refractivity contribution in [2.45, 2.75) is 37.8 Å². The van der Waals surface area contributed by atoms with Crippen LogP contribution in [0.25, 0.3) is 0 Å². The van der Waals surface area contributed by atoms with E-state index in [1.54, 1.807) is 0 Å². The van der Waals surface area contributed by atoms with E-state index in [1.165, 1.54) is 16.4 Å². The minimum Gasteiger partial charge on any atom is -0.355 e. The zero-order valence-electron chi connectivity index (χ0n) is 10.7. The first-order chi connectivity index (χ1) is 8.58. The number of carbonyl (C=O) groups excluding carboxylic acids is 1. The fraction of sp³-hybridized carbons (Fsp3) is 0.727. The van der Waals surface area contributed by atoms with Crippen molar-refractivity contribution >= 4 is 17.7 Å². The molecule has 1 aliphatic carbocycles. The van der Waals surface area contributed by atoms with E-state index in [9.17, 15) is 4.79 Å². The monoisotopic (exact) mass is 269 g/mol. The number of thioether (sulfide) groups is 1. The molecule has 1 aromatic rings. The number of aromatic nitrogens is 3. The third-order valence-corrected chi connectivity index (χ3v) is 3.62. The quantitative estimate of drug-likeness (QED) is 0.587. The SMILES string of the molecule is CC(C)CNC(=O)CSc1nnc(C2CC2)n1N. The third kappa shape index (κ3) is 3.38. The van der Waals surface area contributed by atoms with Crippen LogP contribution in [-0.4, -0.2) is 33.1 Å². The average Bonchev–Trinajstić information content (AvgIpc) is 3.09. The summed E-state index contributed by atoms with van der Waals surface area (Å²) < 4.78 is 1.51. The van der Waals surface area contributed by atoms with Crippen LogP contribution in [0.15, 0.2) is 5.16 Å². The van der Waals surface area contributed by atoms with Gasteiger partial charge in [0.2, 0.25) is 11.1 Å². The van der Waals surface area contributed by atoms with E-state index in [4.69, 9.17) is 5.84 Å². The highest BCUT2D eigenvalue weighted by atomic mass is 32.2. The molecule has 2 rings (SSSR count). The van der Waals surface area contributed by atoms with E-state index in [-0.39, 0.29) is 5.91 Å². The summed E-state index contributed by atoms with van der Waals surface area (Å²) in [5, 5.41) is 11.5. The number of hydrogen-bond donors (Lipinski definition) is 2. The standard InChI is InChI=1S/C11H19N5OS/c1-7(2)5-13-9(17)6-18-11-15-14-10(16(11)12)8-3-4-8/h7-8H,3-6,12H2,1-2H3,(H,13,17). The number of nitrogens with zero attached hydrogens (tertiary/aromatic N) is 3. The lowest BCUT2D eigenvalue weighted by molar-refractivity contribution is -0.118. The summed E-state index contributed by atoms with van der Waals surface area (Å²) in [4.78, 5) is 11.6. The maximum Gasteiger partial charge on any atom is 0.230 e. The molecular weight excluding hydrogens is 250 g/mol. The molecule has 6 nitrogen and oxygen atoms in total. The van der Waals surface area contributed by atoms with Gasteiger partial charge in [-0.25, -0.2) is 4.68 Å². The molecule has 7 heteroatoms. The number of nitrogen functional groups attached to an aromatic ring is 1. The molecule has 0 radical (unpaired) electrons. The van der Waals surface area contributed by atoms with Gasteiger partial charge in [0.25, 0.3) is 0 Å². The molecule has 100 valence electrons. The van der Waals surface area contributed by atoms with Crippen molar-refractivity contribution in [1.29, 1.82) is 0 Å². The van der Waals surface area contributed by atoms with Crippen LogP contribution in [0, 0.1) is 5.92 Å². The first-order valence-electron chi connectivity index (χ1n) is 6.17. The van der Waals surface area contributed by atoms with E-state index in [1.807, 2.05) is 0 Å². The van der Waals surface area contributed by atoms with Gasteiger partial charge in [-0.05, 0) is 18.8 Å². The zero-order chi connectivity index (χ0) is 13.1. The van der Waals surface area contributed by atoms with Gasteiger partial charge in [0.05, 0.1) is 5.75 Å². The molecule has 0 spiro atoms. The third-order valence-electron chi connectivity index (χ3n) is 2.67. The van der Waals surface area contributed by atoms with Gasteiger partial charge in [-0.3, -0.25) is 4.79 Å². The molecule has 1 aliphatic rings. The lowest BCUT2D eigenvalue weighted by Crippen LogP contribution is -2.29. The zero-order valence-corrected chi connectivity index (χ0v) is 11.5. The van der Waals surface area contributed by atoms with Crippen molar-refractivity contribution in [3.05, 3.63) is 5.82 Å². The van der Waals surface area contributed by atoms with Crippen LogP contribution < -0.4 is 11.2 Å². The second-order valence-corrected chi connectivity index (χ2v) is 5.91. The Morgan fingerprint density at radius 3 is 2.89 bits per heavy atom. The van der Waals surface area contributed by atoms with Crippen LogP contribution in [0.1, 0.15) is 38.4 Å². The summed E-state index contributed by atoms with van der Waals surface area (Å²) >= 11 is 1.33. The Labute approximate surface area is 111 Å². The molecular formula is C11H19N5OS. The van der Waals surface area contributed by atoms with Crippen molar-refractivity contribution in [2.24, 2.45) is 5.92 Å². The highest BCUT2D eigenvalue weighted by Crippen LogP contribution is 2.39. The summed E-state index contributed by atoms with van der Waals surface area (Å²) in [6.45, 7) is 4.82. The second-order valence-electron chi connectivity index (χ2n) is 4.97. The first kappa shape index (κ1) is 13.2. The Morgan fingerprint density at radius 2 is 2.28 bits per heavy atom. The molecule has 0 aliphatic heterocycles. The Hall–Kier alpha value is -1.24. The number of nitrogens with one attached hydrogen (secondary N) is 1. The van der Waals surface area contributed by atoms with E-state index >= 15 is 0 Å². The molecule has 1 amide bonds. The number of carbonyl (C=O) groups is 1. The van der Waals surface area contributed by atoms with Crippen LogP contribution in [-0.2, 0) is 4.79 Å². The predicted octanol–water partition coefficient (Wildman–Crippen LogP) is 0.734. The molecule has 1 heterocycles. The Morgan fingerprint density at radius 1 is 1.56 bits per heavy atom. The second kappa shape index (κ2) is 5.60. The molecule has 0 atom stereocenters. The maximum atomic E-state index is 11.6. The normalized spacial score (nSPS) is 15.1. The topological polar surface area (TPSA) is 85.8 Å². The number of amides is 1. The fourth-order valence-corrected chi connectivity index (χ4v) is 2.20. The van der Waals surface area contributed by atoms with Gasteiger partial charge in [0, 0.05) is 12.5 Å². The summed E-state index contributed by atoms with van der Waals surface area (Å²) in [7, 11) is 0.